The smallest absolute Gasteiger partial charge is 0.227 e. The van der Waals surface area contributed by atoms with Gasteiger partial charge in [-0.25, -0.2) is 9.50 Å². The highest BCUT2D eigenvalue weighted by Gasteiger charge is 2.29. The summed E-state index contributed by atoms with van der Waals surface area (Å²) >= 11 is 0. The van der Waals surface area contributed by atoms with E-state index in [2.05, 4.69) is 20.7 Å². The first-order valence-electron chi connectivity index (χ1n) is 9.94. The lowest BCUT2D eigenvalue weighted by molar-refractivity contribution is -0.117. The number of aromatic nitrogens is 3. The molecule has 29 heavy (non-hydrogen) atoms. The molecule has 7 heteroatoms. The van der Waals surface area contributed by atoms with E-state index in [9.17, 15) is 9.59 Å². The lowest BCUT2D eigenvalue weighted by Crippen LogP contribution is -2.15. The number of anilines is 2. The first-order valence-corrected chi connectivity index (χ1v) is 9.94. The van der Waals surface area contributed by atoms with E-state index in [0.717, 1.165) is 46.8 Å². The number of amides is 2. The Hall–Kier alpha value is -3.22. The van der Waals surface area contributed by atoms with Crippen molar-refractivity contribution in [2.45, 2.75) is 46.5 Å². The summed E-state index contributed by atoms with van der Waals surface area (Å²) in [6.07, 6.45) is 2.90. The van der Waals surface area contributed by atoms with E-state index in [4.69, 9.17) is 0 Å². The Morgan fingerprint density at radius 3 is 2.38 bits per heavy atom. The molecule has 1 aliphatic carbocycles. The quantitative estimate of drug-likeness (QED) is 0.672. The molecule has 1 fully saturated rings. The third-order valence-electron chi connectivity index (χ3n) is 5.27. The van der Waals surface area contributed by atoms with Crippen LogP contribution < -0.4 is 10.6 Å². The first kappa shape index (κ1) is 19.1. The number of hydrogen-bond donors (Lipinski definition) is 2. The van der Waals surface area contributed by atoms with Crippen molar-refractivity contribution in [1.82, 2.24) is 14.6 Å². The van der Waals surface area contributed by atoms with Gasteiger partial charge in [0.1, 0.15) is 0 Å². The van der Waals surface area contributed by atoms with Crippen LogP contribution in [0, 0.1) is 26.7 Å². The molecule has 0 bridgehead atoms. The minimum absolute atomic E-state index is 0.0599. The van der Waals surface area contributed by atoms with E-state index in [0.29, 0.717) is 18.5 Å². The highest BCUT2D eigenvalue weighted by molar-refractivity contribution is 5.95. The van der Waals surface area contributed by atoms with E-state index >= 15 is 0 Å². The van der Waals surface area contributed by atoms with Crippen LogP contribution in [0.4, 0.5) is 11.4 Å². The van der Waals surface area contributed by atoms with Gasteiger partial charge in [0.05, 0.1) is 5.69 Å². The van der Waals surface area contributed by atoms with Crippen LogP contribution in [0.15, 0.2) is 30.3 Å². The largest absolute Gasteiger partial charge is 0.326 e. The fraction of sp³-hybridized carbons (Fsp3) is 0.364. The zero-order chi connectivity index (χ0) is 20.5. The second-order valence-corrected chi connectivity index (χ2v) is 7.71. The average Bonchev–Trinajstić information content (AvgIpc) is 3.46. The summed E-state index contributed by atoms with van der Waals surface area (Å²) in [6, 6.07) is 9.17. The van der Waals surface area contributed by atoms with Crippen LogP contribution in [0.25, 0.3) is 5.65 Å². The molecule has 2 heterocycles. The van der Waals surface area contributed by atoms with Crippen LogP contribution >= 0.6 is 0 Å². The molecule has 0 saturated heterocycles. The Morgan fingerprint density at radius 2 is 1.72 bits per heavy atom. The van der Waals surface area contributed by atoms with Crippen molar-refractivity contribution in [2.75, 3.05) is 10.6 Å². The van der Waals surface area contributed by atoms with Crippen molar-refractivity contribution >= 4 is 28.8 Å². The maximum absolute atomic E-state index is 12.4. The number of carbonyl (C=O) groups excluding carboxylic acids is 2. The van der Waals surface area contributed by atoms with Crippen LogP contribution in [0.2, 0.25) is 0 Å². The number of nitrogens with one attached hydrogen (secondary N) is 2. The van der Waals surface area contributed by atoms with Crippen molar-refractivity contribution in [2.24, 2.45) is 5.92 Å². The van der Waals surface area contributed by atoms with Crippen molar-refractivity contribution in [3.63, 3.8) is 0 Å². The van der Waals surface area contributed by atoms with Crippen LogP contribution in [-0.2, 0) is 16.0 Å². The highest BCUT2D eigenvalue weighted by atomic mass is 16.2. The zero-order valence-corrected chi connectivity index (χ0v) is 17.0. The van der Waals surface area contributed by atoms with Gasteiger partial charge in [0, 0.05) is 41.2 Å². The van der Waals surface area contributed by atoms with Crippen LogP contribution in [0.5, 0.6) is 0 Å². The maximum Gasteiger partial charge on any atom is 0.227 e. The van der Waals surface area contributed by atoms with Gasteiger partial charge in [0.25, 0.3) is 0 Å². The lowest BCUT2D eigenvalue weighted by atomic mass is 10.1. The molecular weight excluding hydrogens is 366 g/mol. The summed E-state index contributed by atoms with van der Waals surface area (Å²) < 4.78 is 1.84. The van der Waals surface area contributed by atoms with Gasteiger partial charge in [-0.1, -0.05) is 0 Å². The van der Waals surface area contributed by atoms with Gasteiger partial charge in [-0.2, -0.15) is 5.10 Å². The number of carbonyl (C=O) groups is 2. The third kappa shape index (κ3) is 4.29. The summed E-state index contributed by atoms with van der Waals surface area (Å²) in [4.78, 5) is 28.8. The second kappa shape index (κ2) is 7.66. The molecule has 0 spiro atoms. The lowest BCUT2D eigenvalue weighted by Gasteiger charge is -2.11. The summed E-state index contributed by atoms with van der Waals surface area (Å²) in [5.74, 6) is 0.182. The van der Waals surface area contributed by atoms with E-state index in [1.54, 1.807) is 12.1 Å². The summed E-state index contributed by atoms with van der Waals surface area (Å²) in [5, 5.41) is 10.3. The van der Waals surface area contributed by atoms with Crippen molar-refractivity contribution in [1.29, 1.82) is 0 Å². The number of rotatable bonds is 6. The van der Waals surface area contributed by atoms with Crippen LogP contribution in [-0.4, -0.2) is 26.4 Å². The van der Waals surface area contributed by atoms with Crippen molar-refractivity contribution in [3.8, 4) is 0 Å². The predicted octanol–water partition coefficient (Wildman–Crippen LogP) is 3.57. The Balaban J connectivity index is 1.36. The molecule has 1 saturated carbocycles. The van der Waals surface area contributed by atoms with Gasteiger partial charge in [-0.05, 0) is 69.9 Å². The number of aryl methyl sites for hydroxylation is 3. The number of fused-ring (bicyclic) bond motifs is 1. The molecule has 2 aromatic heterocycles. The van der Waals surface area contributed by atoms with E-state index < -0.39 is 0 Å². The first-order chi connectivity index (χ1) is 13.9. The van der Waals surface area contributed by atoms with Gasteiger partial charge in [0.2, 0.25) is 11.8 Å². The molecule has 4 rings (SSSR count). The fourth-order valence-electron chi connectivity index (χ4n) is 3.49. The molecule has 150 valence electrons. The van der Waals surface area contributed by atoms with E-state index in [1.165, 1.54) is 0 Å². The third-order valence-corrected chi connectivity index (χ3v) is 5.27. The molecule has 1 aromatic carbocycles. The van der Waals surface area contributed by atoms with E-state index in [1.807, 2.05) is 43.5 Å². The molecule has 2 amide bonds. The SMILES string of the molecule is Cc1cc2nc(C)c(CCC(=O)Nc3ccc(NC(=O)C4CC4)cc3)c(C)n2n1. The van der Waals surface area contributed by atoms with Gasteiger partial charge in [0.15, 0.2) is 5.65 Å². The zero-order valence-electron chi connectivity index (χ0n) is 17.0. The van der Waals surface area contributed by atoms with Gasteiger partial charge >= 0.3 is 0 Å². The van der Waals surface area contributed by atoms with Gasteiger partial charge in [-0.3, -0.25) is 9.59 Å². The molecule has 2 N–H and O–H groups in total. The molecule has 0 unspecified atom stereocenters. The number of benzene rings is 1. The minimum atomic E-state index is -0.0599. The molecule has 0 radical (unpaired) electrons. The predicted molar refractivity (Wildman–Crippen MR) is 112 cm³/mol. The Bertz CT molecular complexity index is 1080. The topological polar surface area (TPSA) is 88.4 Å². The highest BCUT2D eigenvalue weighted by Crippen LogP contribution is 2.30. The molecule has 1 aliphatic rings. The Kier molecular flexibility index (Phi) is 5.05. The van der Waals surface area contributed by atoms with Crippen LogP contribution in [0.3, 0.4) is 0 Å². The van der Waals surface area contributed by atoms with Gasteiger partial charge in [-0.15, -0.1) is 0 Å². The monoisotopic (exact) mass is 391 g/mol. The average molecular weight is 391 g/mol. The van der Waals surface area contributed by atoms with Crippen molar-refractivity contribution in [3.05, 3.63) is 53.0 Å². The molecule has 0 aliphatic heterocycles. The number of nitrogens with zero attached hydrogens (tertiary/aromatic N) is 3. The molecule has 7 nitrogen and oxygen atoms in total. The summed E-state index contributed by atoms with van der Waals surface area (Å²) in [6.45, 7) is 5.92. The minimum Gasteiger partial charge on any atom is -0.326 e. The Morgan fingerprint density at radius 1 is 1.07 bits per heavy atom. The van der Waals surface area contributed by atoms with E-state index in [-0.39, 0.29) is 17.7 Å². The van der Waals surface area contributed by atoms with Gasteiger partial charge < -0.3 is 10.6 Å². The summed E-state index contributed by atoms with van der Waals surface area (Å²) in [5.41, 5.74) is 6.21. The Labute approximate surface area is 169 Å². The normalized spacial score (nSPS) is 13.5. The van der Waals surface area contributed by atoms with Crippen molar-refractivity contribution < 1.29 is 9.59 Å². The fourth-order valence-corrected chi connectivity index (χ4v) is 3.49. The molecule has 3 aromatic rings. The maximum atomic E-state index is 12.4. The number of hydrogen-bond acceptors (Lipinski definition) is 4. The molecular formula is C22H25N5O2. The second-order valence-electron chi connectivity index (χ2n) is 7.71. The van der Waals surface area contributed by atoms with Crippen LogP contribution in [0.1, 0.15) is 41.9 Å². The standard InChI is InChI=1S/C22H25N5O2/c1-13-12-20-23-14(2)19(15(3)27(20)26-13)10-11-21(28)24-17-6-8-18(9-7-17)25-22(29)16-4-5-16/h6-9,12,16H,4-5,10-11H2,1-3H3,(H,24,28)(H,25,29). The molecule has 0 atom stereocenters. The summed E-state index contributed by atoms with van der Waals surface area (Å²) in [7, 11) is 0.